The van der Waals surface area contributed by atoms with Crippen molar-refractivity contribution in [1.29, 1.82) is 0 Å². The number of likely N-dealkylation sites (N-methyl/N-ethyl adjacent to an activating group) is 1. The summed E-state index contributed by atoms with van der Waals surface area (Å²) in [5, 5.41) is 6.82. The van der Waals surface area contributed by atoms with Crippen LogP contribution in [0.3, 0.4) is 0 Å². The zero-order chi connectivity index (χ0) is 20.3. The van der Waals surface area contributed by atoms with E-state index in [0.717, 1.165) is 52.0 Å². The maximum absolute atomic E-state index is 11.9. The highest BCUT2D eigenvalue weighted by Gasteiger charge is 2.49. The van der Waals surface area contributed by atoms with Gasteiger partial charge in [-0.15, -0.1) is 24.0 Å². The molecule has 0 aromatic heterocycles. The number of rotatable bonds is 12. The molecule has 2 unspecified atom stereocenters. The van der Waals surface area contributed by atoms with E-state index in [0.29, 0.717) is 5.96 Å². The Morgan fingerprint density at radius 1 is 1.21 bits per heavy atom. The predicted octanol–water partition coefficient (Wildman–Crippen LogP) is 2.64. The number of carbonyl (C=O) groups is 1. The highest BCUT2D eigenvalue weighted by molar-refractivity contribution is 14.0. The average molecular weight is 512 g/mol. The highest BCUT2D eigenvalue weighted by atomic mass is 127. The van der Waals surface area contributed by atoms with Crippen molar-refractivity contribution in [3.8, 4) is 0 Å². The molecule has 1 aliphatic rings. The van der Waals surface area contributed by atoms with Crippen molar-refractivity contribution in [3.63, 3.8) is 0 Å². The van der Waals surface area contributed by atoms with E-state index < -0.39 is 0 Å². The van der Waals surface area contributed by atoms with Crippen molar-refractivity contribution in [2.75, 3.05) is 47.0 Å². The van der Waals surface area contributed by atoms with Crippen molar-refractivity contribution < 1.29 is 14.3 Å². The van der Waals surface area contributed by atoms with Gasteiger partial charge in [0.15, 0.2) is 5.96 Å². The molecule has 1 rings (SSSR count). The molecule has 0 saturated heterocycles. The largest absolute Gasteiger partial charge is 0.382 e. The van der Waals surface area contributed by atoms with E-state index in [9.17, 15) is 4.79 Å². The molecule has 1 aliphatic carbocycles. The molecule has 2 N–H and O–H groups in total. The first-order valence-electron chi connectivity index (χ1n) is 10.3. The lowest BCUT2D eigenvalue weighted by atomic mass is 9.64. The number of unbranched alkanes of at least 4 members (excludes halogenated alkanes) is 1. The number of nitrogens with one attached hydrogen (secondary N) is 2. The molecular formula is C20H41IN4O3. The minimum absolute atomic E-state index is 0. The fraction of sp³-hybridized carbons (Fsp3) is 0.900. The number of amides is 1. The fourth-order valence-electron chi connectivity index (χ4n) is 2.91. The summed E-state index contributed by atoms with van der Waals surface area (Å²) in [4.78, 5) is 17.9. The number of hydrogen-bond donors (Lipinski definition) is 2. The van der Waals surface area contributed by atoms with E-state index in [4.69, 9.17) is 9.47 Å². The molecule has 166 valence electrons. The summed E-state index contributed by atoms with van der Waals surface area (Å²) in [6, 6.07) is 0.275. The average Bonchev–Trinajstić information content (AvgIpc) is 2.63. The van der Waals surface area contributed by atoms with Crippen LogP contribution in [0.4, 0.5) is 0 Å². The zero-order valence-electron chi connectivity index (χ0n) is 18.5. The van der Waals surface area contributed by atoms with Crippen molar-refractivity contribution in [2.45, 2.75) is 65.5 Å². The van der Waals surface area contributed by atoms with Gasteiger partial charge in [-0.1, -0.05) is 27.2 Å². The van der Waals surface area contributed by atoms with Crippen LogP contribution in [0.1, 0.15) is 53.4 Å². The van der Waals surface area contributed by atoms with Gasteiger partial charge in [0.1, 0.15) is 6.54 Å². The minimum Gasteiger partial charge on any atom is -0.382 e. The van der Waals surface area contributed by atoms with E-state index in [1.165, 1.54) is 0 Å². The summed E-state index contributed by atoms with van der Waals surface area (Å²) in [5.74, 6) is 0.672. The number of guanidine groups is 1. The summed E-state index contributed by atoms with van der Waals surface area (Å²) in [7, 11) is 3.49. The van der Waals surface area contributed by atoms with Crippen LogP contribution in [0.25, 0.3) is 0 Å². The standard InChI is InChI=1S/C20H40N4O3.HI/c1-7-9-13-27-17-14-16(20(17,3)4)23-19(21-11-10-12-26-8-2)22-15-18(25)24(5)6;/h16-17H,7-15H2,1-6H3,(H2,21,22,23);1H. The molecule has 28 heavy (non-hydrogen) atoms. The molecule has 7 nitrogen and oxygen atoms in total. The Kier molecular flexibility index (Phi) is 14.1. The first-order valence-corrected chi connectivity index (χ1v) is 10.3. The minimum atomic E-state index is -0.0148. The Bertz CT molecular complexity index is 472. The highest BCUT2D eigenvalue weighted by Crippen LogP contribution is 2.42. The number of aliphatic imine (C=N–C) groups is 1. The second-order valence-electron chi connectivity index (χ2n) is 7.90. The molecule has 0 aromatic carbocycles. The Morgan fingerprint density at radius 2 is 1.93 bits per heavy atom. The molecule has 0 heterocycles. The molecule has 0 radical (unpaired) electrons. The normalized spacial score (nSPS) is 20.7. The summed E-state index contributed by atoms with van der Waals surface area (Å²) in [6.45, 7) is 11.8. The van der Waals surface area contributed by atoms with Gasteiger partial charge < -0.3 is 25.0 Å². The smallest absolute Gasteiger partial charge is 0.243 e. The maximum atomic E-state index is 11.9. The molecule has 0 bridgehead atoms. The van der Waals surface area contributed by atoms with Crippen LogP contribution in [0.5, 0.6) is 0 Å². The number of carbonyl (C=O) groups excluding carboxylic acids is 1. The molecular weight excluding hydrogens is 471 g/mol. The molecule has 1 fully saturated rings. The fourth-order valence-corrected chi connectivity index (χ4v) is 2.91. The number of hydrogen-bond acceptors (Lipinski definition) is 4. The number of ether oxygens (including phenoxy) is 2. The lowest BCUT2D eigenvalue weighted by Crippen LogP contribution is -2.63. The molecule has 0 aliphatic heterocycles. The second-order valence-corrected chi connectivity index (χ2v) is 7.90. The van der Waals surface area contributed by atoms with Gasteiger partial charge in [0.2, 0.25) is 5.91 Å². The van der Waals surface area contributed by atoms with E-state index in [1.807, 2.05) is 6.92 Å². The third-order valence-corrected chi connectivity index (χ3v) is 5.14. The lowest BCUT2D eigenvalue weighted by molar-refractivity contribution is -0.127. The van der Waals surface area contributed by atoms with Crippen LogP contribution in [0, 0.1) is 5.41 Å². The van der Waals surface area contributed by atoms with Crippen molar-refractivity contribution in [2.24, 2.45) is 10.4 Å². The van der Waals surface area contributed by atoms with Crippen LogP contribution >= 0.6 is 24.0 Å². The summed E-state index contributed by atoms with van der Waals surface area (Å²) >= 11 is 0. The SMILES string of the molecule is CCCCOC1CC(NC(=NCC(=O)N(C)C)NCCCOCC)C1(C)C.I. The maximum Gasteiger partial charge on any atom is 0.243 e. The van der Waals surface area contributed by atoms with Crippen molar-refractivity contribution >= 4 is 35.8 Å². The summed E-state index contributed by atoms with van der Waals surface area (Å²) in [5.41, 5.74) is 0.0348. The van der Waals surface area contributed by atoms with Gasteiger partial charge in [-0.05, 0) is 26.2 Å². The Morgan fingerprint density at radius 3 is 2.50 bits per heavy atom. The first-order chi connectivity index (χ1) is 12.8. The number of nitrogens with zero attached hydrogens (tertiary/aromatic N) is 2. The molecule has 1 amide bonds. The summed E-state index contributed by atoms with van der Waals surface area (Å²) in [6.07, 6.45) is 4.37. The van der Waals surface area contributed by atoms with Crippen molar-refractivity contribution in [3.05, 3.63) is 0 Å². The van der Waals surface area contributed by atoms with E-state index >= 15 is 0 Å². The van der Waals surface area contributed by atoms with Gasteiger partial charge in [0.05, 0.1) is 6.10 Å². The van der Waals surface area contributed by atoms with Gasteiger partial charge in [0, 0.05) is 51.9 Å². The van der Waals surface area contributed by atoms with Crippen LogP contribution in [-0.2, 0) is 14.3 Å². The Balaban J connectivity index is 0.00000729. The van der Waals surface area contributed by atoms with Crippen LogP contribution in [0.2, 0.25) is 0 Å². The van der Waals surface area contributed by atoms with Gasteiger partial charge in [-0.3, -0.25) is 4.79 Å². The number of halogens is 1. The van der Waals surface area contributed by atoms with Gasteiger partial charge in [-0.2, -0.15) is 0 Å². The second kappa shape index (κ2) is 14.4. The molecule has 2 atom stereocenters. The topological polar surface area (TPSA) is 75.2 Å². The van der Waals surface area contributed by atoms with Crippen molar-refractivity contribution in [1.82, 2.24) is 15.5 Å². The summed E-state index contributed by atoms with van der Waals surface area (Å²) < 4.78 is 11.4. The van der Waals surface area contributed by atoms with Gasteiger partial charge in [-0.25, -0.2) is 4.99 Å². The molecule has 8 heteroatoms. The Labute approximate surface area is 188 Å². The van der Waals surface area contributed by atoms with E-state index in [2.05, 4.69) is 36.4 Å². The van der Waals surface area contributed by atoms with Crippen LogP contribution < -0.4 is 10.6 Å². The molecule has 0 spiro atoms. The Hall–Kier alpha value is -0.610. The van der Waals surface area contributed by atoms with E-state index in [1.54, 1.807) is 19.0 Å². The van der Waals surface area contributed by atoms with Crippen LogP contribution in [-0.4, -0.2) is 75.9 Å². The third kappa shape index (κ3) is 9.26. The lowest BCUT2D eigenvalue weighted by Gasteiger charge is -2.52. The molecule has 0 aromatic rings. The zero-order valence-corrected chi connectivity index (χ0v) is 20.9. The third-order valence-electron chi connectivity index (χ3n) is 5.14. The van der Waals surface area contributed by atoms with Gasteiger partial charge >= 0.3 is 0 Å². The van der Waals surface area contributed by atoms with Gasteiger partial charge in [0.25, 0.3) is 0 Å². The van der Waals surface area contributed by atoms with E-state index in [-0.39, 0.29) is 54.0 Å². The van der Waals surface area contributed by atoms with Crippen LogP contribution in [0.15, 0.2) is 4.99 Å². The first kappa shape index (κ1) is 27.4. The molecule has 1 saturated carbocycles. The monoisotopic (exact) mass is 512 g/mol. The quantitative estimate of drug-likeness (QED) is 0.182. The predicted molar refractivity (Wildman–Crippen MR) is 125 cm³/mol.